The first kappa shape index (κ1) is 13.0. The summed E-state index contributed by atoms with van der Waals surface area (Å²) in [5.74, 6) is -0.475. The highest BCUT2D eigenvalue weighted by molar-refractivity contribution is 9.10. The molecule has 0 saturated heterocycles. The van der Waals surface area contributed by atoms with E-state index in [1.165, 1.54) is 12.3 Å². The van der Waals surface area contributed by atoms with Gasteiger partial charge in [-0.1, -0.05) is 29.8 Å². The Labute approximate surface area is 102 Å². The average Bonchev–Trinajstić information content (AvgIpc) is 2.20. The lowest BCUT2D eigenvalue weighted by Gasteiger charge is -2.09. The second-order valence-electron chi connectivity index (χ2n) is 3.80. The lowest BCUT2D eigenvalue weighted by molar-refractivity contribution is 0.135. The molecule has 4 nitrogen and oxygen atoms in total. The third kappa shape index (κ3) is 3.21. The first-order valence-corrected chi connectivity index (χ1v) is 5.64. The molecular formula is C11H14BrNO3. The van der Waals surface area contributed by atoms with Crippen molar-refractivity contribution in [3.63, 3.8) is 0 Å². The number of hydrogen-bond acceptors (Lipinski definition) is 4. The van der Waals surface area contributed by atoms with E-state index in [1.54, 1.807) is 6.07 Å². The van der Waals surface area contributed by atoms with Crippen molar-refractivity contribution in [2.75, 3.05) is 0 Å². The van der Waals surface area contributed by atoms with Crippen molar-refractivity contribution < 1.29 is 15.3 Å². The third-order valence-electron chi connectivity index (χ3n) is 2.05. The molecule has 1 aromatic carbocycles. The van der Waals surface area contributed by atoms with Crippen LogP contribution in [0.15, 0.2) is 21.6 Å². The molecule has 0 bridgehead atoms. The Balaban J connectivity index is 2.97. The Kier molecular flexibility index (Phi) is 4.32. The summed E-state index contributed by atoms with van der Waals surface area (Å²) in [5.41, 5.74) is 0.353. The van der Waals surface area contributed by atoms with Crippen molar-refractivity contribution >= 4 is 22.1 Å². The number of aliphatic hydroxyl groups excluding tert-OH is 1. The number of hydrogen-bond donors (Lipinski definition) is 3. The Morgan fingerprint density at radius 1 is 1.31 bits per heavy atom. The van der Waals surface area contributed by atoms with Gasteiger partial charge in [0.05, 0.1) is 0 Å². The molecular weight excluding hydrogens is 274 g/mol. The maximum atomic E-state index is 9.53. The molecule has 16 heavy (non-hydrogen) atoms. The van der Waals surface area contributed by atoms with Crippen molar-refractivity contribution in [2.24, 2.45) is 10.9 Å². The molecule has 0 spiro atoms. The van der Waals surface area contributed by atoms with Crippen molar-refractivity contribution in [1.29, 1.82) is 0 Å². The van der Waals surface area contributed by atoms with Crippen LogP contribution in [0.3, 0.4) is 0 Å². The fraction of sp³-hybridized carbons (Fsp3) is 0.364. The number of aliphatic hydroxyl groups is 1. The van der Waals surface area contributed by atoms with Gasteiger partial charge in [-0.25, -0.2) is 0 Å². The number of aromatic hydroxyl groups is 2. The topological polar surface area (TPSA) is 73.1 Å². The zero-order valence-electron chi connectivity index (χ0n) is 9.05. The zero-order chi connectivity index (χ0) is 12.3. The maximum Gasteiger partial charge on any atom is 0.166 e. The Hall–Kier alpha value is -1.07. The summed E-state index contributed by atoms with van der Waals surface area (Å²) in [7, 11) is 0. The number of rotatable bonds is 3. The molecule has 0 aliphatic heterocycles. The van der Waals surface area contributed by atoms with Gasteiger partial charge >= 0.3 is 0 Å². The van der Waals surface area contributed by atoms with Gasteiger partial charge in [-0.05, 0) is 18.1 Å². The summed E-state index contributed by atoms with van der Waals surface area (Å²) in [6, 6.07) is 2.98. The first-order chi connectivity index (χ1) is 7.41. The molecule has 0 aromatic heterocycles. The molecule has 1 atom stereocenters. The molecule has 1 aromatic rings. The summed E-state index contributed by atoms with van der Waals surface area (Å²) in [5, 5.41) is 28.3. The normalized spacial score (nSPS) is 13.6. The van der Waals surface area contributed by atoms with Gasteiger partial charge in [0, 0.05) is 16.3 Å². The first-order valence-electron chi connectivity index (χ1n) is 4.84. The van der Waals surface area contributed by atoms with E-state index in [0.29, 0.717) is 10.0 Å². The van der Waals surface area contributed by atoms with Crippen LogP contribution in [-0.4, -0.2) is 27.8 Å². The molecule has 0 heterocycles. The van der Waals surface area contributed by atoms with E-state index in [1.807, 2.05) is 13.8 Å². The monoisotopic (exact) mass is 287 g/mol. The summed E-state index contributed by atoms with van der Waals surface area (Å²) in [6.45, 7) is 3.67. The summed E-state index contributed by atoms with van der Waals surface area (Å²) in [6.07, 6.45) is 0.519. The van der Waals surface area contributed by atoms with Crippen molar-refractivity contribution in [1.82, 2.24) is 0 Å². The van der Waals surface area contributed by atoms with Gasteiger partial charge in [0.25, 0.3) is 0 Å². The molecule has 0 aliphatic carbocycles. The number of benzene rings is 1. The van der Waals surface area contributed by atoms with Crippen molar-refractivity contribution in [3.05, 3.63) is 22.2 Å². The third-order valence-corrected chi connectivity index (χ3v) is 2.50. The minimum absolute atomic E-state index is 0.000794. The molecule has 0 radical (unpaired) electrons. The van der Waals surface area contributed by atoms with Crippen LogP contribution in [0, 0.1) is 5.92 Å². The van der Waals surface area contributed by atoms with E-state index in [0.717, 1.165) is 0 Å². The largest absolute Gasteiger partial charge is 0.504 e. The Morgan fingerprint density at radius 2 is 1.94 bits per heavy atom. The van der Waals surface area contributed by atoms with Gasteiger partial charge in [0.15, 0.2) is 11.5 Å². The van der Waals surface area contributed by atoms with E-state index in [2.05, 4.69) is 20.9 Å². The molecule has 1 rings (SSSR count). The van der Waals surface area contributed by atoms with Crippen molar-refractivity contribution in [2.45, 2.75) is 20.1 Å². The second-order valence-corrected chi connectivity index (χ2v) is 4.71. The van der Waals surface area contributed by atoms with Crippen LogP contribution in [0.4, 0.5) is 0 Å². The van der Waals surface area contributed by atoms with Gasteiger partial charge < -0.3 is 15.3 Å². The zero-order valence-corrected chi connectivity index (χ0v) is 10.6. The number of phenols is 2. The van der Waals surface area contributed by atoms with Crippen LogP contribution in [0.2, 0.25) is 0 Å². The van der Waals surface area contributed by atoms with Gasteiger partial charge in [0.2, 0.25) is 0 Å². The minimum atomic E-state index is -0.819. The molecule has 0 fully saturated rings. The molecule has 5 heteroatoms. The number of halogens is 1. The van der Waals surface area contributed by atoms with E-state index in [9.17, 15) is 15.3 Å². The van der Waals surface area contributed by atoms with Crippen LogP contribution in [0.5, 0.6) is 11.5 Å². The predicted octanol–water partition coefficient (Wildman–Crippen LogP) is 2.25. The highest BCUT2D eigenvalue weighted by Gasteiger charge is 2.08. The van der Waals surface area contributed by atoms with Crippen molar-refractivity contribution in [3.8, 4) is 11.5 Å². The SMILES string of the molecule is CC(C)C(O)N=Cc1cc(Br)cc(O)c1O. The molecule has 0 saturated carbocycles. The van der Waals surface area contributed by atoms with E-state index < -0.39 is 6.23 Å². The molecule has 0 amide bonds. The van der Waals surface area contributed by atoms with Crippen LogP contribution < -0.4 is 0 Å². The minimum Gasteiger partial charge on any atom is -0.504 e. The summed E-state index contributed by atoms with van der Waals surface area (Å²) >= 11 is 3.19. The van der Waals surface area contributed by atoms with Gasteiger partial charge in [0.1, 0.15) is 6.23 Å². The Bertz CT molecular complexity index is 404. The van der Waals surface area contributed by atoms with Gasteiger partial charge in [-0.2, -0.15) is 0 Å². The van der Waals surface area contributed by atoms with Crippen LogP contribution in [0.1, 0.15) is 19.4 Å². The standard InChI is InChI=1S/C11H14BrNO3/c1-6(2)11(16)13-5-7-3-8(12)4-9(14)10(7)15/h3-6,11,14-16H,1-2H3. The van der Waals surface area contributed by atoms with E-state index in [-0.39, 0.29) is 17.4 Å². The maximum absolute atomic E-state index is 9.53. The lowest BCUT2D eigenvalue weighted by atomic mass is 10.2. The lowest BCUT2D eigenvalue weighted by Crippen LogP contribution is -2.11. The number of phenolic OH excluding ortho intramolecular Hbond substituents is 2. The fourth-order valence-corrected chi connectivity index (χ4v) is 1.50. The van der Waals surface area contributed by atoms with Crippen LogP contribution >= 0.6 is 15.9 Å². The second kappa shape index (κ2) is 5.32. The predicted molar refractivity (Wildman–Crippen MR) is 65.9 cm³/mol. The average molecular weight is 288 g/mol. The number of nitrogens with zero attached hydrogens (tertiary/aromatic N) is 1. The summed E-state index contributed by atoms with van der Waals surface area (Å²) in [4.78, 5) is 3.88. The molecule has 1 unspecified atom stereocenters. The van der Waals surface area contributed by atoms with Crippen LogP contribution in [-0.2, 0) is 0 Å². The number of aliphatic imine (C=N–C) groups is 1. The van der Waals surface area contributed by atoms with Gasteiger partial charge in [-0.3, -0.25) is 4.99 Å². The highest BCUT2D eigenvalue weighted by atomic mass is 79.9. The fourth-order valence-electron chi connectivity index (χ4n) is 1.03. The highest BCUT2D eigenvalue weighted by Crippen LogP contribution is 2.31. The Morgan fingerprint density at radius 3 is 2.50 bits per heavy atom. The summed E-state index contributed by atoms with van der Waals surface area (Å²) < 4.78 is 0.628. The molecule has 0 aliphatic rings. The smallest absolute Gasteiger partial charge is 0.166 e. The van der Waals surface area contributed by atoms with E-state index >= 15 is 0 Å². The quantitative estimate of drug-likeness (QED) is 0.590. The van der Waals surface area contributed by atoms with Crippen LogP contribution in [0.25, 0.3) is 0 Å². The van der Waals surface area contributed by atoms with E-state index in [4.69, 9.17) is 0 Å². The van der Waals surface area contributed by atoms with Gasteiger partial charge in [-0.15, -0.1) is 0 Å². The molecule has 88 valence electrons. The molecule has 3 N–H and O–H groups in total.